The van der Waals surface area contributed by atoms with Crippen LogP contribution in [-0.2, 0) is 4.79 Å². The summed E-state index contributed by atoms with van der Waals surface area (Å²) in [5, 5.41) is 13.2. The number of hydrogen-bond acceptors (Lipinski definition) is 3. The molecular formula is C20H18Cl2N2O2. The van der Waals surface area contributed by atoms with E-state index in [-0.39, 0.29) is 17.5 Å². The molecule has 1 N–H and O–H groups in total. The van der Waals surface area contributed by atoms with Crippen molar-refractivity contribution in [3.8, 4) is 17.4 Å². The summed E-state index contributed by atoms with van der Waals surface area (Å²) in [4.78, 5) is 12.3. The van der Waals surface area contributed by atoms with Crippen LogP contribution in [0.3, 0.4) is 0 Å². The molecule has 3 rings (SSSR count). The minimum absolute atomic E-state index is 0.0330. The molecule has 134 valence electrons. The fourth-order valence-corrected chi connectivity index (χ4v) is 3.33. The smallest absolute Gasteiger partial charge is 0.262 e. The van der Waals surface area contributed by atoms with E-state index in [9.17, 15) is 10.1 Å². The molecule has 2 aromatic rings. The van der Waals surface area contributed by atoms with Gasteiger partial charge in [-0.2, -0.15) is 5.26 Å². The molecule has 0 atom stereocenters. The van der Waals surface area contributed by atoms with Gasteiger partial charge in [0, 0.05) is 17.7 Å². The van der Waals surface area contributed by atoms with Crippen LogP contribution in [0.4, 0.5) is 0 Å². The van der Waals surface area contributed by atoms with Crippen molar-refractivity contribution in [1.29, 1.82) is 5.26 Å². The van der Waals surface area contributed by atoms with Crippen LogP contribution in [0.2, 0.25) is 10.0 Å². The summed E-state index contributed by atoms with van der Waals surface area (Å²) in [6, 6.07) is 10.8. The quantitative estimate of drug-likeness (QED) is 0.546. The Morgan fingerprint density at radius 1 is 1.15 bits per heavy atom. The highest BCUT2D eigenvalue weighted by Crippen LogP contribution is 2.30. The van der Waals surface area contributed by atoms with Crippen molar-refractivity contribution in [2.24, 2.45) is 0 Å². The van der Waals surface area contributed by atoms with Crippen molar-refractivity contribution >= 4 is 35.2 Å². The topological polar surface area (TPSA) is 66.0 Å². The van der Waals surface area contributed by atoms with E-state index < -0.39 is 0 Å². The van der Waals surface area contributed by atoms with Gasteiger partial charge in [-0.15, -0.1) is 0 Å². The van der Waals surface area contributed by atoms with E-state index in [4.69, 9.17) is 27.6 Å². The molecule has 0 saturated heterocycles. The van der Waals surface area contributed by atoms with Crippen molar-refractivity contribution in [2.45, 2.75) is 38.1 Å². The standard InChI is InChI=1S/C20H18Cl2N2O2/c21-17-8-6-13(11-18(17)22)19-9-7-16(26-19)10-14(12-23)20(25)24-15-4-2-1-3-5-15/h6-11,15H,1-5H2,(H,24,25)/b14-10+. The first-order chi connectivity index (χ1) is 12.6. The van der Waals surface area contributed by atoms with Crippen LogP contribution in [0.1, 0.15) is 37.9 Å². The van der Waals surface area contributed by atoms with Crippen molar-refractivity contribution < 1.29 is 9.21 Å². The van der Waals surface area contributed by atoms with Crippen molar-refractivity contribution in [2.75, 3.05) is 0 Å². The van der Waals surface area contributed by atoms with E-state index in [0.29, 0.717) is 21.6 Å². The molecule has 26 heavy (non-hydrogen) atoms. The van der Waals surface area contributed by atoms with Gasteiger partial charge in [0.2, 0.25) is 0 Å². The molecule has 0 bridgehead atoms. The lowest BCUT2D eigenvalue weighted by molar-refractivity contribution is -0.117. The van der Waals surface area contributed by atoms with Crippen LogP contribution in [0, 0.1) is 11.3 Å². The minimum atomic E-state index is -0.355. The Morgan fingerprint density at radius 2 is 1.92 bits per heavy atom. The lowest BCUT2D eigenvalue weighted by Gasteiger charge is -2.22. The third-order valence-corrected chi connectivity index (χ3v) is 5.16. The third-order valence-electron chi connectivity index (χ3n) is 4.42. The molecule has 0 radical (unpaired) electrons. The number of nitrogens with zero attached hydrogens (tertiary/aromatic N) is 1. The third kappa shape index (κ3) is 4.49. The van der Waals surface area contributed by atoms with E-state index in [1.165, 1.54) is 12.5 Å². The number of carbonyl (C=O) groups excluding carboxylic acids is 1. The minimum Gasteiger partial charge on any atom is -0.457 e. The zero-order chi connectivity index (χ0) is 18.5. The maximum Gasteiger partial charge on any atom is 0.262 e. The molecule has 1 aliphatic carbocycles. The van der Waals surface area contributed by atoms with Gasteiger partial charge in [0.05, 0.1) is 10.0 Å². The number of rotatable bonds is 4. The zero-order valence-electron chi connectivity index (χ0n) is 14.1. The molecule has 6 heteroatoms. The van der Waals surface area contributed by atoms with Gasteiger partial charge in [0.15, 0.2) is 0 Å². The summed E-state index contributed by atoms with van der Waals surface area (Å²) in [6.07, 6.45) is 6.82. The fraction of sp³-hybridized carbons (Fsp3) is 0.300. The number of nitriles is 1. The molecule has 1 fully saturated rings. The molecule has 0 spiro atoms. The van der Waals surface area contributed by atoms with Crippen molar-refractivity contribution in [3.63, 3.8) is 0 Å². The average Bonchev–Trinajstić information content (AvgIpc) is 3.11. The van der Waals surface area contributed by atoms with Gasteiger partial charge < -0.3 is 9.73 Å². The Balaban J connectivity index is 1.75. The molecule has 0 unspecified atom stereocenters. The van der Waals surface area contributed by atoms with E-state index in [0.717, 1.165) is 31.2 Å². The number of carbonyl (C=O) groups is 1. The number of nitrogens with one attached hydrogen (secondary N) is 1. The maximum absolute atomic E-state index is 12.3. The van der Waals surface area contributed by atoms with Gasteiger partial charge in [-0.25, -0.2) is 0 Å². The van der Waals surface area contributed by atoms with Gasteiger partial charge >= 0.3 is 0 Å². The second-order valence-corrected chi connectivity index (χ2v) is 7.12. The number of furan rings is 1. The first-order valence-corrected chi connectivity index (χ1v) is 9.30. The van der Waals surface area contributed by atoms with Gasteiger partial charge in [-0.1, -0.05) is 42.5 Å². The maximum atomic E-state index is 12.3. The second kappa shape index (κ2) is 8.44. The first kappa shape index (κ1) is 18.6. The van der Waals surface area contributed by atoms with Crippen LogP contribution in [0.25, 0.3) is 17.4 Å². The number of halogens is 2. The average molecular weight is 389 g/mol. The van der Waals surface area contributed by atoms with Crippen molar-refractivity contribution in [3.05, 3.63) is 51.7 Å². The largest absolute Gasteiger partial charge is 0.457 e. The molecule has 4 nitrogen and oxygen atoms in total. The molecule has 1 saturated carbocycles. The fourth-order valence-electron chi connectivity index (χ4n) is 3.04. The highest BCUT2D eigenvalue weighted by molar-refractivity contribution is 6.42. The molecule has 1 heterocycles. The van der Waals surface area contributed by atoms with Gasteiger partial charge in [0.1, 0.15) is 23.2 Å². The van der Waals surface area contributed by atoms with Crippen LogP contribution in [0.5, 0.6) is 0 Å². The molecular weight excluding hydrogens is 371 g/mol. The number of hydrogen-bond donors (Lipinski definition) is 1. The highest BCUT2D eigenvalue weighted by atomic mass is 35.5. The zero-order valence-corrected chi connectivity index (χ0v) is 15.6. The summed E-state index contributed by atoms with van der Waals surface area (Å²) in [5.74, 6) is 0.660. The Bertz CT molecular complexity index is 874. The predicted molar refractivity (Wildman–Crippen MR) is 103 cm³/mol. The highest BCUT2D eigenvalue weighted by Gasteiger charge is 2.18. The Hall–Kier alpha value is -2.22. The van der Waals surface area contributed by atoms with Crippen LogP contribution in [0.15, 0.2) is 40.3 Å². The van der Waals surface area contributed by atoms with E-state index in [1.54, 1.807) is 30.3 Å². The van der Waals surface area contributed by atoms with E-state index in [2.05, 4.69) is 5.32 Å². The van der Waals surface area contributed by atoms with E-state index >= 15 is 0 Å². The summed E-state index contributed by atoms with van der Waals surface area (Å²) in [6.45, 7) is 0. The molecule has 1 aromatic heterocycles. The van der Waals surface area contributed by atoms with Crippen molar-refractivity contribution in [1.82, 2.24) is 5.32 Å². The monoisotopic (exact) mass is 388 g/mol. The SMILES string of the molecule is N#C/C(=C\c1ccc(-c2ccc(Cl)c(Cl)c2)o1)C(=O)NC1CCCCC1. The summed E-state index contributed by atoms with van der Waals surface area (Å²) < 4.78 is 5.73. The lowest BCUT2D eigenvalue weighted by atomic mass is 9.95. The van der Waals surface area contributed by atoms with Gasteiger partial charge in [-0.05, 0) is 43.2 Å². The van der Waals surface area contributed by atoms with Gasteiger partial charge in [-0.3, -0.25) is 4.79 Å². The summed E-state index contributed by atoms with van der Waals surface area (Å²) in [5.41, 5.74) is 0.801. The lowest BCUT2D eigenvalue weighted by Crippen LogP contribution is -2.36. The first-order valence-electron chi connectivity index (χ1n) is 8.55. The molecule has 0 aliphatic heterocycles. The normalized spacial score (nSPS) is 15.5. The van der Waals surface area contributed by atoms with Crippen LogP contribution in [-0.4, -0.2) is 11.9 Å². The molecule has 1 aliphatic rings. The number of amides is 1. The summed E-state index contributed by atoms with van der Waals surface area (Å²) in [7, 11) is 0. The van der Waals surface area contributed by atoms with E-state index in [1.807, 2.05) is 6.07 Å². The Kier molecular flexibility index (Phi) is 6.03. The van der Waals surface area contributed by atoms with Crippen LogP contribution >= 0.6 is 23.2 Å². The Morgan fingerprint density at radius 3 is 2.62 bits per heavy atom. The number of benzene rings is 1. The predicted octanol–water partition coefficient (Wildman–Crippen LogP) is 5.61. The Labute approximate surface area is 162 Å². The molecule has 1 amide bonds. The van der Waals surface area contributed by atoms with Crippen LogP contribution < -0.4 is 5.32 Å². The van der Waals surface area contributed by atoms with Gasteiger partial charge in [0.25, 0.3) is 5.91 Å². The molecule has 1 aromatic carbocycles. The summed E-state index contributed by atoms with van der Waals surface area (Å²) >= 11 is 12.0. The second-order valence-electron chi connectivity index (χ2n) is 6.31.